The van der Waals surface area contributed by atoms with Gasteiger partial charge in [0.1, 0.15) is 23.7 Å². The van der Waals surface area contributed by atoms with Crippen LogP contribution in [0.2, 0.25) is 0 Å². The number of anilines is 2. The zero-order chi connectivity index (χ0) is 38.5. The molecule has 54 heavy (non-hydrogen) atoms. The Kier molecular flexibility index (Phi) is 11.4. The number of aryl methyl sites for hydroxylation is 2. The minimum absolute atomic E-state index is 0.115. The first-order valence-electron chi connectivity index (χ1n) is 18.4. The summed E-state index contributed by atoms with van der Waals surface area (Å²) in [6.45, 7) is 7.13. The van der Waals surface area contributed by atoms with E-state index in [0.717, 1.165) is 25.7 Å². The second kappa shape index (κ2) is 16.4. The zero-order valence-electron chi connectivity index (χ0n) is 30.5. The molecule has 0 spiro atoms. The highest BCUT2D eigenvalue weighted by Gasteiger charge is 2.31. The van der Waals surface area contributed by atoms with Gasteiger partial charge in [-0.3, -0.25) is 48.0 Å². The van der Waals surface area contributed by atoms with E-state index in [9.17, 15) is 33.6 Å². The Morgan fingerprint density at radius 3 is 1.59 bits per heavy atom. The maximum absolute atomic E-state index is 13.7. The number of hydrogen-bond donors (Lipinski definition) is 4. The van der Waals surface area contributed by atoms with Crippen molar-refractivity contribution in [2.45, 2.75) is 103 Å². The lowest BCUT2D eigenvalue weighted by molar-refractivity contribution is -0.136. The van der Waals surface area contributed by atoms with Crippen LogP contribution in [0.5, 0.6) is 0 Å². The Morgan fingerprint density at radius 2 is 1.13 bits per heavy atom. The van der Waals surface area contributed by atoms with Gasteiger partial charge in [-0.1, -0.05) is 44.4 Å². The topological polar surface area (TPSA) is 203 Å². The Labute approximate surface area is 310 Å². The SMILES string of the molecule is C=C1CCC(n2c(C)nc3cccc(NC(=O)CCCCCCCCC(=O)Nc4cccc5nc(C)n(C6CCC(=O)NC6=O)c(=O)c45)c3c2=O)C(=O)N1. The summed E-state index contributed by atoms with van der Waals surface area (Å²) in [6, 6.07) is 8.53. The molecule has 4 N–H and O–H groups in total. The molecule has 4 aromatic rings. The molecule has 0 saturated carbocycles. The molecule has 15 heteroatoms. The number of hydrogen-bond acceptors (Lipinski definition) is 9. The summed E-state index contributed by atoms with van der Waals surface area (Å²) in [7, 11) is 0. The highest BCUT2D eigenvalue weighted by Crippen LogP contribution is 2.26. The molecule has 2 unspecified atom stereocenters. The molecule has 2 aromatic heterocycles. The van der Waals surface area contributed by atoms with Crippen LogP contribution in [0.4, 0.5) is 11.4 Å². The number of nitrogens with zero attached hydrogens (tertiary/aromatic N) is 4. The van der Waals surface area contributed by atoms with Crippen LogP contribution in [0.15, 0.2) is 58.3 Å². The Hall–Kier alpha value is -5.99. The minimum atomic E-state index is -0.865. The number of nitrogens with one attached hydrogen (secondary N) is 4. The second-order valence-electron chi connectivity index (χ2n) is 13.9. The molecule has 2 atom stereocenters. The molecule has 0 bridgehead atoms. The van der Waals surface area contributed by atoms with E-state index < -0.39 is 23.6 Å². The van der Waals surface area contributed by atoms with Crippen LogP contribution in [0.1, 0.15) is 101 Å². The number of carbonyl (C=O) groups is 5. The molecule has 282 valence electrons. The number of carbonyl (C=O) groups excluding carboxylic acids is 5. The van der Waals surface area contributed by atoms with Gasteiger partial charge >= 0.3 is 0 Å². The number of fused-ring (bicyclic) bond motifs is 2. The quantitative estimate of drug-likeness (QED) is 0.114. The van der Waals surface area contributed by atoms with Gasteiger partial charge in [0.2, 0.25) is 29.5 Å². The standard InChI is InChI=1S/C39H44N8O7/c1-22-18-19-29(36(51)40-22)46-23(2)41-25-12-10-14-27(34(25)38(46)53)43-31(48)16-8-6-4-5-7-9-17-32(49)44-28-15-11-13-26-35(28)39(54)47(24(3)42-26)30-20-21-33(50)45-37(30)52/h10-15,29-30H,1,4-9,16-21H2,2-3H3,(H,40,51)(H,43,48)(H,44,49)(H,45,50,52). The van der Waals surface area contributed by atoms with Crippen LogP contribution >= 0.6 is 0 Å². The zero-order valence-corrected chi connectivity index (χ0v) is 30.5. The summed E-state index contributed by atoms with van der Waals surface area (Å²) >= 11 is 0. The van der Waals surface area contributed by atoms with Crippen LogP contribution in [-0.4, -0.2) is 48.6 Å². The van der Waals surface area contributed by atoms with E-state index in [1.165, 1.54) is 9.13 Å². The van der Waals surface area contributed by atoms with Gasteiger partial charge in [-0.15, -0.1) is 0 Å². The number of aromatic nitrogens is 4. The van der Waals surface area contributed by atoms with Gasteiger partial charge in [0.05, 0.1) is 33.2 Å². The largest absolute Gasteiger partial charge is 0.329 e. The van der Waals surface area contributed by atoms with Gasteiger partial charge in [-0.25, -0.2) is 9.97 Å². The van der Waals surface area contributed by atoms with Crippen LogP contribution in [0.3, 0.4) is 0 Å². The Balaban J connectivity index is 0.961. The molecular formula is C39H44N8O7. The lowest BCUT2D eigenvalue weighted by atomic mass is 10.0. The van der Waals surface area contributed by atoms with Crippen LogP contribution in [0.25, 0.3) is 21.8 Å². The minimum Gasteiger partial charge on any atom is -0.329 e. The normalized spacial score (nSPS) is 17.4. The third kappa shape index (κ3) is 8.14. The number of allylic oxidation sites excluding steroid dienone is 1. The molecule has 2 fully saturated rings. The van der Waals surface area contributed by atoms with E-state index >= 15 is 0 Å². The summed E-state index contributed by atoms with van der Waals surface area (Å²) in [5.74, 6) is -0.950. The molecular weight excluding hydrogens is 692 g/mol. The number of unbranched alkanes of at least 4 members (excludes halogenated alkanes) is 5. The van der Waals surface area contributed by atoms with Crippen molar-refractivity contribution in [2.75, 3.05) is 10.6 Å². The van der Waals surface area contributed by atoms with E-state index in [0.29, 0.717) is 65.4 Å². The average Bonchev–Trinajstić information content (AvgIpc) is 3.11. The predicted octanol–water partition coefficient (Wildman–Crippen LogP) is 4.36. The van der Waals surface area contributed by atoms with Gasteiger partial charge in [0.25, 0.3) is 11.1 Å². The molecule has 2 aromatic carbocycles. The van der Waals surface area contributed by atoms with Crippen molar-refractivity contribution >= 4 is 62.7 Å². The number of benzene rings is 2. The fourth-order valence-corrected chi connectivity index (χ4v) is 7.29. The maximum Gasteiger partial charge on any atom is 0.264 e. The van der Waals surface area contributed by atoms with Gasteiger partial charge in [-0.05, 0) is 70.2 Å². The molecule has 15 nitrogen and oxygen atoms in total. The first-order chi connectivity index (χ1) is 25.9. The molecule has 0 aliphatic carbocycles. The van der Waals surface area contributed by atoms with Crippen molar-refractivity contribution in [3.05, 3.63) is 81.0 Å². The monoisotopic (exact) mass is 736 g/mol. The van der Waals surface area contributed by atoms with Crippen LogP contribution in [-0.2, 0) is 24.0 Å². The van der Waals surface area contributed by atoms with Crippen molar-refractivity contribution in [3.63, 3.8) is 0 Å². The summed E-state index contributed by atoms with van der Waals surface area (Å²) in [5, 5.41) is 11.2. The number of imide groups is 1. The number of amides is 5. The Bertz CT molecular complexity index is 2150. The van der Waals surface area contributed by atoms with Crippen molar-refractivity contribution in [1.82, 2.24) is 29.7 Å². The van der Waals surface area contributed by atoms with Gasteiger partial charge in [0.15, 0.2) is 0 Å². The third-order valence-corrected chi connectivity index (χ3v) is 9.97. The molecule has 5 amide bonds. The lowest BCUT2D eigenvalue weighted by Gasteiger charge is -2.26. The van der Waals surface area contributed by atoms with Crippen LogP contribution in [0, 0.1) is 13.8 Å². The average molecular weight is 737 g/mol. The lowest BCUT2D eigenvalue weighted by Crippen LogP contribution is -2.45. The van der Waals surface area contributed by atoms with E-state index in [-0.39, 0.29) is 65.6 Å². The molecule has 6 rings (SSSR count). The van der Waals surface area contributed by atoms with Crippen molar-refractivity contribution in [1.29, 1.82) is 0 Å². The summed E-state index contributed by atoms with van der Waals surface area (Å²) < 4.78 is 2.69. The molecule has 2 aliphatic rings. The summed E-state index contributed by atoms with van der Waals surface area (Å²) in [6.07, 6.45) is 6.46. The molecule has 2 saturated heterocycles. The van der Waals surface area contributed by atoms with Gasteiger partial charge in [-0.2, -0.15) is 0 Å². The highest BCUT2D eigenvalue weighted by atomic mass is 16.2. The Morgan fingerprint density at radius 1 is 0.685 bits per heavy atom. The molecule has 4 heterocycles. The van der Waals surface area contributed by atoms with Crippen molar-refractivity contribution in [3.8, 4) is 0 Å². The van der Waals surface area contributed by atoms with E-state index in [4.69, 9.17) is 0 Å². The summed E-state index contributed by atoms with van der Waals surface area (Å²) in [4.78, 5) is 99.0. The van der Waals surface area contributed by atoms with Crippen LogP contribution < -0.4 is 32.4 Å². The van der Waals surface area contributed by atoms with E-state index in [1.54, 1.807) is 50.2 Å². The first kappa shape index (κ1) is 37.8. The van der Waals surface area contributed by atoms with E-state index in [2.05, 4.69) is 37.8 Å². The van der Waals surface area contributed by atoms with Gasteiger partial charge < -0.3 is 16.0 Å². The maximum atomic E-state index is 13.7. The highest BCUT2D eigenvalue weighted by molar-refractivity contribution is 6.02. The fourth-order valence-electron chi connectivity index (χ4n) is 7.29. The number of piperidine rings is 2. The van der Waals surface area contributed by atoms with E-state index in [1.807, 2.05) is 0 Å². The van der Waals surface area contributed by atoms with Crippen molar-refractivity contribution < 1.29 is 24.0 Å². The molecule has 2 aliphatic heterocycles. The first-order valence-corrected chi connectivity index (χ1v) is 18.4. The molecule has 0 radical (unpaired) electrons. The predicted molar refractivity (Wildman–Crippen MR) is 203 cm³/mol. The van der Waals surface area contributed by atoms with Gasteiger partial charge in [0, 0.05) is 25.0 Å². The second-order valence-corrected chi connectivity index (χ2v) is 13.9. The fraction of sp³-hybridized carbons (Fsp3) is 0.410. The smallest absolute Gasteiger partial charge is 0.264 e. The summed E-state index contributed by atoms with van der Waals surface area (Å²) in [5.41, 5.74) is 1.29. The third-order valence-electron chi connectivity index (χ3n) is 9.97. The van der Waals surface area contributed by atoms with Crippen molar-refractivity contribution in [2.24, 2.45) is 0 Å². The number of rotatable bonds is 13.